The highest BCUT2D eigenvalue weighted by Gasteiger charge is 2.32. The van der Waals surface area contributed by atoms with Gasteiger partial charge < -0.3 is 19.9 Å². The van der Waals surface area contributed by atoms with Gasteiger partial charge in [-0.25, -0.2) is 4.79 Å². The number of piperidine rings is 1. The second kappa shape index (κ2) is 10.1. The molecule has 1 N–H and O–H groups in total. The maximum absolute atomic E-state index is 12.9. The zero-order valence-electron chi connectivity index (χ0n) is 19.5. The van der Waals surface area contributed by atoms with Crippen molar-refractivity contribution in [3.63, 3.8) is 0 Å². The SMILES string of the molecule is CC(=O)N1CCc2cc(C(=O)[C@@H](C)OC(=O)[C@H]3CCCN(C(=O)Nc4ccccc4)C3)ccc21. The minimum atomic E-state index is -0.940. The predicted octanol–water partition coefficient (Wildman–Crippen LogP) is 3.65. The number of Topliss-reactive ketones (excluding diaryl/α,β-unsaturated/α-hetero) is 1. The first-order valence-electron chi connectivity index (χ1n) is 11.6. The predicted molar refractivity (Wildman–Crippen MR) is 128 cm³/mol. The number of carbonyl (C=O) groups is 4. The molecule has 0 spiro atoms. The van der Waals surface area contributed by atoms with E-state index in [9.17, 15) is 19.2 Å². The number of ether oxygens (including phenoxy) is 1. The zero-order valence-corrected chi connectivity index (χ0v) is 19.5. The Morgan fingerprint density at radius 3 is 2.56 bits per heavy atom. The summed E-state index contributed by atoms with van der Waals surface area (Å²) in [5.74, 6) is -1.26. The highest BCUT2D eigenvalue weighted by molar-refractivity contribution is 6.02. The van der Waals surface area contributed by atoms with Gasteiger partial charge in [0.25, 0.3) is 0 Å². The van der Waals surface area contributed by atoms with Gasteiger partial charge in [-0.15, -0.1) is 0 Å². The first-order chi connectivity index (χ1) is 16.3. The van der Waals surface area contributed by atoms with E-state index in [2.05, 4.69) is 5.32 Å². The van der Waals surface area contributed by atoms with E-state index < -0.39 is 18.0 Å². The monoisotopic (exact) mass is 463 g/mol. The van der Waals surface area contributed by atoms with Crippen LogP contribution in [0.1, 0.15) is 42.6 Å². The lowest BCUT2D eigenvalue weighted by Gasteiger charge is -2.32. The van der Waals surface area contributed by atoms with Gasteiger partial charge in [0.2, 0.25) is 11.7 Å². The summed E-state index contributed by atoms with van der Waals surface area (Å²) in [4.78, 5) is 53.3. The van der Waals surface area contributed by atoms with Crippen LogP contribution in [0.2, 0.25) is 0 Å². The molecule has 3 amide bonds. The van der Waals surface area contributed by atoms with Crippen LogP contribution in [0.3, 0.4) is 0 Å². The number of hydrogen-bond donors (Lipinski definition) is 1. The molecule has 2 aliphatic heterocycles. The second-order valence-electron chi connectivity index (χ2n) is 8.79. The number of benzene rings is 2. The van der Waals surface area contributed by atoms with Gasteiger partial charge in [-0.2, -0.15) is 0 Å². The number of ketones is 1. The zero-order chi connectivity index (χ0) is 24.2. The van der Waals surface area contributed by atoms with Crippen LogP contribution >= 0.6 is 0 Å². The number of anilines is 2. The average molecular weight is 464 g/mol. The number of para-hydroxylation sites is 1. The third kappa shape index (κ3) is 5.11. The molecule has 2 heterocycles. The Hall–Kier alpha value is -3.68. The normalized spacial score (nSPS) is 18.1. The first-order valence-corrected chi connectivity index (χ1v) is 11.6. The van der Waals surface area contributed by atoms with E-state index in [4.69, 9.17) is 4.74 Å². The largest absolute Gasteiger partial charge is 0.454 e. The van der Waals surface area contributed by atoms with Gasteiger partial charge >= 0.3 is 12.0 Å². The summed E-state index contributed by atoms with van der Waals surface area (Å²) in [6.07, 6.45) is 1.04. The summed E-state index contributed by atoms with van der Waals surface area (Å²) in [7, 11) is 0. The fraction of sp³-hybridized carbons (Fsp3) is 0.385. The van der Waals surface area contributed by atoms with E-state index in [0.717, 1.165) is 11.3 Å². The standard InChI is InChI=1S/C26H29N3O5/c1-17(24(31)20-10-11-23-19(15-20)12-14-29(23)18(2)30)34-25(32)21-7-6-13-28(16-21)26(33)27-22-8-4-3-5-9-22/h3-5,8-11,15,17,21H,6-7,12-14,16H2,1-2H3,(H,27,33)/t17-,21+/m1/s1. The van der Waals surface area contributed by atoms with Gasteiger partial charge in [0.05, 0.1) is 5.92 Å². The number of urea groups is 1. The maximum atomic E-state index is 12.9. The van der Waals surface area contributed by atoms with E-state index in [1.54, 1.807) is 47.1 Å². The summed E-state index contributed by atoms with van der Waals surface area (Å²) in [6.45, 7) is 4.50. The van der Waals surface area contributed by atoms with Crippen LogP contribution in [0.15, 0.2) is 48.5 Å². The molecular formula is C26H29N3O5. The Balaban J connectivity index is 1.34. The van der Waals surface area contributed by atoms with Gasteiger partial charge in [0.15, 0.2) is 6.10 Å². The smallest absolute Gasteiger partial charge is 0.321 e. The lowest BCUT2D eigenvalue weighted by atomic mass is 9.98. The van der Waals surface area contributed by atoms with Crippen LogP contribution < -0.4 is 10.2 Å². The first kappa shape index (κ1) is 23.5. The number of esters is 1. The van der Waals surface area contributed by atoms with Crippen molar-refractivity contribution in [3.8, 4) is 0 Å². The fourth-order valence-electron chi connectivity index (χ4n) is 4.52. The molecule has 4 rings (SSSR count). The lowest BCUT2D eigenvalue weighted by molar-refractivity contribution is -0.152. The molecule has 1 fully saturated rings. The molecule has 8 heteroatoms. The lowest BCUT2D eigenvalue weighted by Crippen LogP contribution is -2.45. The van der Waals surface area contributed by atoms with Crippen molar-refractivity contribution in [2.24, 2.45) is 5.92 Å². The van der Waals surface area contributed by atoms with Crippen molar-refractivity contribution in [2.75, 3.05) is 29.9 Å². The van der Waals surface area contributed by atoms with Crippen molar-refractivity contribution in [3.05, 3.63) is 59.7 Å². The molecule has 178 valence electrons. The topological polar surface area (TPSA) is 96.0 Å². The average Bonchev–Trinajstić information content (AvgIpc) is 3.28. The molecule has 0 aliphatic carbocycles. The summed E-state index contributed by atoms with van der Waals surface area (Å²) in [5, 5.41) is 2.84. The molecule has 8 nitrogen and oxygen atoms in total. The number of nitrogens with zero attached hydrogens (tertiary/aromatic N) is 2. The number of likely N-dealkylation sites (tertiary alicyclic amines) is 1. The van der Waals surface area contributed by atoms with E-state index >= 15 is 0 Å². The molecule has 1 saturated heterocycles. The third-order valence-electron chi connectivity index (χ3n) is 6.37. The number of fused-ring (bicyclic) bond motifs is 1. The molecular weight excluding hydrogens is 434 g/mol. The highest BCUT2D eigenvalue weighted by atomic mass is 16.5. The number of rotatable bonds is 5. The van der Waals surface area contributed by atoms with Crippen molar-refractivity contribution in [2.45, 2.75) is 39.2 Å². The van der Waals surface area contributed by atoms with Crippen LogP contribution in [0.25, 0.3) is 0 Å². The number of amides is 3. The van der Waals surface area contributed by atoms with Gasteiger partial charge in [-0.1, -0.05) is 18.2 Å². The molecule has 2 atom stereocenters. The molecule has 2 aromatic rings. The van der Waals surface area contributed by atoms with Crippen LogP contribution in [-0.2, 0) is 20.7 Å². The van der Waals surface area contributed by atoms with Crippen molar-refractivity contribution < 1.29 is 23.9 Å². The summed E-state index contributed by atoms with van der Waals surface area (Å²) >= 11 is 0. The fourth-order valence-corrected chi connectivity index (χ4v) is 4.52. The van der Waals surface area contributed by atoms with Gasteiger partial charge in [-0.3, -0.25) is 14.4 Å². The van der Waals surface area contributed by atoms with E-state index in [1.165, 1.54) is 6.92 Å². The van der Waals surface area contributed by atoms with Crippen LogP contribution in [0, 0.1) is 5.92 Å². The van der Waals surface area contributed by atoms with Gasteiger partial charge in [0.1, 0.15) is 0 Å². The van der Waals surface area contributed by atoms with Crippen molar-refractivity contribution in [1.29, 1.82) is 0 Å². The second-order valence-corrected chi connectivity index (χ2v) is 8.79. The quantitative estimate of drug-likeness (QED) is 0.539. The number of nitrogens with one attached hydrogen (secondary N) is 1. The van der Waals surface area contributed by atoms with Gasteiger partial charge in [-0.05, 0) is 62.1 Å². The minimum Gasteiger partial charge on any atom is -0.454 e. The molecule has 0 aromatic heterocycles. The minimum absolute atomic E-state index is 0.0286. The summed E-state index contributed by atoms with van der Waals surface area (Å²) in [5.41, 5.74) is 2.91. The van der Waals surface area contributed by atoms with Crippen LogP contribution in [0.5, 0.6) is 0 Å². The number of carbonyl (C=O) groups excluding carboxylic acids is 4. The molecule has 0 unspecified atom stereocenters. The van der Waals surface area contributed by atoms with Crippen molar-refractivity contribution in [1.82, 2.24) is 4.90 Å². The summed E-state index contributed by atoms with van der Waals surface area (Å²) < 4.78 is 5.52. The number of hydrogen-bond acceptors (Lipinski definition) is 5. The Labute approximate surface area is 198 Å². The van der Waals surface area contributed by atoms with Crippen LogP contribution in [0.4, 0.5) is 16.2 Å². The maximum Gasteiger partial charge on any atom is 0.321 e. The molecule has 0 saturated carbocycles. The molecule has 34 heavy (non-hydrogen) atoms. The van der Waals surface area contributed by atoms with Gasteiger partial charge in [0, 0.05) is 43.5 Å². The van der Waals surface area contributed by atoms with E-state index in [0.29, 0.717) is 43.6 Å². The van der Waals surface area contributed by atoms with E-state index in [-0.39, 0.29) is 24.3 Å². The van der Waals surface area contributed by atoms with E-state index in [1.807, 2.05) is 18.2 Å². The third-order valence-corrected chi connectivity index (χ3v) is 6.37. The molecule has 0 radical (unpaired) electrons. The Bertz CT molecular complexity index is 1100. The highest BCUT2D eigenvalue weighted by Crippen LogP contribution is 2.29. The van der Waals surface area contributed by atoms with Crippen LogP contribution in [-0.4, -0.2) is 54.3 Å². The molecule has 2 aromatic carbocycles. The Morgan fingerprint density at radius 1 is 1.06 bits per heavy atom. The Morgan fingerprint density at radius 2 is 1.82 bits per heavy atom. The van der Waals surface area contributed by atoms with Crippen molar-refractivity contribution >= 4 is 35.1 Å². The Kier molecular flexibility index (Phi) is 6.95. The summed E-state index contributed by atoms with van der Waals surface area (Å²) in [6, 6.07) is 14.1. The molecule has 0 bridgehead atoms. The molecule has 2 aliphatic rings.